The molecule has 0 bridgehead atoms. The molecule has 1 aliphatic heterocycles. The molecule has 162 valence electrons. The number of anilines is 1. The van der Waals surface area contributed by atoms with Gasteiger partial charge in [0, 0.05) is 22.2 Å². The Hall–Kier alpha value is -2.38. The number of ether oxygens (including phenoxy) is 2. The van der Waals surface area contributed by atoms with Gasteiger partial charge in [-0.25, -0.2) is 0 Å². The van der Waals surface area contributed by atoms with Crippen molar-refractivity contribution < 1.29 is 27.4 Å². The standard InChI is InChI=1S/C23H26F3NO3/c1-14(2)19-22(3,4)13-29-21(30-19)16-8-6-10-18(12-16)27-20(28)15-7-5-9-17(11-15)23(24,25)26/h5-12,14,19,21H,13H2,1-4H3,(H,27,28)/t19-,21-/m1/s1. The third kappa shape index (κ3) is 5.02. The second-order valence-corrected chi connectivity index (χ2v) is 8.59. The maximum atomic E-state index is 12.9. The van der Waals surface area contributed by atoms with Gasteiger partial charge in [0.2, 0.25) is 0 Å². The molecule has 0 aliphatic carbocycles. The first-order valence-corrected chi connectivity index (χ1v) is 9.83. The summed E-state index contributed by atoms with van der Waals surface area (Å²) in [6.45, 7) is 8.92. The summed E-state index contributed by atoms with van der Waals surface area (Å²) in [4.78, 5) is 12.5. The Morgan fingerprint density at radius 3 is 2.50 bits per heavy atom. The third-order valence-electron chi connectivity index (χ3n) is 5.12. The molecule has 0 unspecified atom stereocenters. The maximum absolute atomic E-state index is 12.9. The largest absolute Gasteiger partial charge is 0.416 e. The molecule has 7 heteroatoms. The number of carbonyl (C=O) groups excluding carboxylic acids is 1. The predicted molar refractivity (Wildman–Crippen MR) is 108 cm³/mol. The lowest BCUT2D eigenvalue weighted by Gasteiger charge is -2.44. The molecule has 1 fully saturated rings. The average molecular weight is 421 g/mol. The summed E-state index contributed by atoms with van der Waals surface area (Å²) in [5.74, 6) is -0.319. The normalized spacial score (nSPS) is 21.5. The van der Waals surface area contributed by atoms with E-state index in [-0.39, 0.29) is 17.1 Å². The van der Waals surface area contributed by atoms with E-state index in [2.05, 4.69) is 33.0 Å². The molecule has 2 aromatic carbocycles. The Labute approximate surface area is 174 Å². The summed E-state index contributed by atoms with van der Waals surface area (Å²) in [6.07, 6.45) is -5.08. The Kier molecular flexibility index (Phi) is 6.24. The number of amides is 1. The van der Waals surface area contributed by atoms with Crippen LogP contribution in [0.25, 0.3) is 0 Å². The van der Waals surface area contributed by atoms with Crippen LogP contribution in [-0.2, 0) is 15.7 Å². The second kappa shape index (κ2) is 8.40. The molecule has 1 aliphatic rings. The van der Waals surface area contributed by atoms with Crippen molar-refractivity contribution in [2.75, 3.05) is 11.9 Å². The van der Waals surface area contributed by atoms with Crippen LogP contribution in [0.5, 0.6) is 0 Å². The average Bonchev–Trinajstić information content (AvgIpc) is 2.67. The van der Waals surface area contributed by atoms with E-state index >= 15 is 0 Å². The molecule has 30 heavy (non-hydrogen) atoms. The number of rotatable bonds is 4. The van der Waals surface area contributed by atoms with Crippen molar-refractivity contribution in [3.8, 4) is 0 Å². The molecule has 0 spiro atoms. The van der Waals surface area contributed by atoms with Crippen molar-refractivity contribution in [2.45, 2.75) is 46.3 Å². The zero-order valence-electron chi connectivity index (χ0n) is 17.4. The van der Waals surface area contributed by atoms with Gasteiger partial charge in [-0.15, -0.1) is 0 Å². The number of alkyl halides is 3. The molecule has 1 amide bonds. The SMILES string of the molecule is CC(C)[C@H]1O[C@H](c2cccc(NC(=O)c3cccc(C(F)(F)F)c3)c2)OCC1(C)C. The van der Waals surface area contributed by atoms with Crippen LogP contribution in [-0.4, -0.2) is 18.6 Å². The van der Waals surface area contributed by atoms with E-state index in [1.165, 1.54) is 12.1 Å². The Morgan fingerprint density at radius 2 is 1.83 bits per heavy atom. The van der Waals surface area contributed by atoms with Crippen molar-refractivity contribution in [3.63, 3.8) is 0 Å². The van der Waals surface area contributed by atoms with E-state index in [0.29, 0.717) is 18.2 Å². The first-order chi connectivity index (χ1) is 14.0. The number of halogens is 3. The zero-order chi connectivity index (χ0) is 22.1. The lowest BCUT2D eigenvalue weighted by atomic mass is 9.80. The van der Waals surface area contributed by atoms with E-state index < -0.39 is 23.9 Å². The summed E-state index contributed by atoms with van der Waals surface area (Å²) in [5.41, 5.74) is 0.128. The van der Waals surface area contributed by atoms with Gasteiger partial charge in [-0.3, -0.25) is 4.79 Å². The van der Waals surface area contributed by atoms with Gasteiger partial charge in [-0.05, 0) is 36.2 Å². The Balaban J connectivity index is 1.76. The van der Waals surface area contributed by atoms with Crippen molar-refractivity contribution in [1.82, 2.24) is 0 Å². The summed E-state index contributed by atoms with van der Waals surface area (Å²) < 4.78 is 50.8. The Morgan fingerprint density at radius 1 is 1.13 bits per heavy atom. The number of hydrogen-bond donors (Lipinski definition) is 1. The number of hydrogen-bond acceptors (Lipinski definition) is 3. The summed E-state index contributed by atoms with van der Waals surface area (Å²) in [5, 5.41) is 2.65. The summed E-state index contributed by atoms with van der Waals surface area (Å²) >= 11 is 0. The topological polar surface area (TPSA) is 47.6 Å². The van der Waals surface area contributed by atoms with Gasteiger partial charge in [0.25, 0.3) is 5.91 Å². The van der Waals surface area contributed by atoms with E-state index in [1.807, 2.05) is 6.07 Å². The second-order valence-electron chi connectivity index (χ2n) is 8.59. The van der Waals surface area contributed by atoms with Gasteiger partial charge in [0.05, 0.1) is 18.3 Å². The minimum absolute atomic E-state index is 0.000365. The van der Waals surface area contributed by atoms with Crippen LogP contribution in [0.1, 0.15) is 55.5 Å². The molecule has 2 aromatic rings. The van der Waals surface area contributed by atoms with Gasteiger partial charge in [-0.2, -0.15) is 13.2 Å². The van der Waals surface area contributed by atoms with E-state index in [9.17, 15) is 18.0 Å². The van der Waals surface area contributed by atoms with Crippen LogP contribution in [0.4, 0.5) is 18.9 Å². The van der Waals surface area contributed by atoms with Gasteiger partial charge >= 0.3 is 6.18 Å². The van der Waals surface area contributed by atoms with E-state index in [4.69, 9.17) is 9.47 Å². The summed E-state index contributed by atoms with van der Waals surface area (Å²) in [7, 11) is 0. The first-order valence-electron chi connectivity index (χ1n) is 9.83. The zero-order valence-corrected chi connectivity index (χ0v) is 17.4. The highest BCUT2D eigenvalue weighted by Gasteiger charge is 2.40. The number of carbonyl (C=O) groups is 1. The summed E-state index contributed by atoms with van der Waals surface area (Å²) in [6, 6.07) is 11.3. The Bertz CT molecular complexity index is 909. The van der Waals surface area contributed by atoms with Crippen molar-refractivity contribution in [1.29, 1.82) is 0 Å². The third-order valence-corrected chi connectivity index (χ3v) is 5.12. The minimum Gasteiger partial charge on any atom is -0.348 e. The van der Waals surface area contributed by atoms with Crippen molar-refractivity contribution in [3.05, 3.63) is 65.2 Å². The molecule has 4 nitrogen and oxygen atoms in total. The van der Waals surface area contributed by atoms with Crippen LogP contribution in [0.15, 0.2) is 48.5 Å². The lowest BCUT2D eigenvalue weighted by molar-refractivity contribution is -0.274. The van der Waals surface area contributed by atoms with Crippen LogP contribution >= 0.6 is 0 Å². The smallest absolute Gasteiger partial charge is 0.348 e. The van der Waals surface area contributed by atoms with Crippen molar-refractivity contribution >= 4 is 11.6 Å². The van der Waals surface area contributed by atoms with Crippen LogP contribution in [0.3, 0.4) is 0 Å². The van der Waals surface area contributed by atoms with Gasteiger partial charge in [0.1, 0.15) is 0 Å². The van der Waals surface area contributed by atoms with Crippen LogP contribution in [0.2, 0.25) is 0 Å². The fraction of sp³-hybridized carbons (Fsp3) is 0.435. The molecular formula is C23H26F3NO3. The van der Waals surface area contributed by atoms with Crippen molar-refractivity contribution in [2.24, 2.45) is 11.3 Å². The molecule has 0 aromatic heterocycles. The highest BCUT2D eigenvalue weighted by atomic mass is 19.4. The monoisotopic (exact) mass is 421 g/mol. The predicted octanol–water partition coefficient (Wildman–Crippen LogP) is 6.05. The molecule has 3 rings (SSSR count). The molecule has 2 atom stereocenters. The van der Waals surface area contributed by atoms with Crippen LogP contribution < -0.4 is 5.32 Å². The molecular weight excluding hydrogens is 395 g/mol. The minimum atomic E-state index is -4.51. The van der Waals surface area contributed by atoms with E-state index in [0.717, 1.165) is 17.7 Å². The van der Waals surface area contributed by atoms with Gasteiger partial charge < -0.3 is 14.8 Å². The highest BCUT2D eigenvalue weighted by molar-refractivity contribution is 6.04. The number of nitrogens with one attached hydrogen (secondary N) is 1. The molecule has 1 N–H and O–H groups in total. The van der Waals surface area contributed by atoms with E-state index in [1.54, 1.807) is 18.2 Å². The van der Waals surface area contributed by atoms with Crippen LogP contribution in [0, 0.1) is 11.3 Å². The van der Waals surface area contributed by atoms with Gasteiger partial charge in [0.15, 0.2) is 6.29 Å². The maximum Gasteiger partial charge on any atom is 0.416 e. The highest BCUT2D eigenvalue weighted by Crippen LogP contribution is 2.40. The quantitative estimate of drug-likeness (QED) is 0.653. The number of benzene rings is 2. The molecule has 1 heterocycles. The lowest BCUT2D eigenvalue weighted by Crippen LogP contribution is -2.45. The molecule has 0 saturated carbocycles. The first kappa shape index (κ1) is 22.3. The fourth-order valence-electron chi connectivity index (χ4n) is 3.77. The molecule has 1 saturated heterocycles. The van der Waals surface area contributed by atoms with Gasteiger partial charge in [-0.1, -0.05) is 45.9 Å². The molecule has 0 radical (unpaired) electrons. The fourth-order valence-corrected chi connectivity index (χ4v) is 3.77.